The summed E-state index contributed by atoms with van der Waals surface area (Å²) in [4.78, 5) is 23.3. The number of hydrogen-bond acceptors (Lipinski definition) is 4. The standard InChI is InChI=1S/C11H14O4/c1-8-5-4-6-11(7-8,9(12)14-2)10(13)15-3/h4-5H,1,6-7H2,2-3H3. The second-order valence-electron chi connectivity index (χ2n) is 3.51. The molecule has 4 heteroatoms. The van der Waals surface area contributed by atoms with Gasteiger partial charge in [-0.25, -0.2) is 0 Å². The van der Waals surface area contributed by atoms with Crippen molar-refractivity contribution in [1.29, 1.82) is 0 Å². The summed E-state index contributed by atoms with van der Waals surface area (Å²) in [7, 11) is 2.52. The molecule has 1 aliphatic carbocycles. The van der Waals surface area contributed by atoms with Gasteiger partial charge < -0.3 is 9.47 Å². The first-order valence-corrected chi connectivity index (χ1v) is 4.58. The van der Waals surface area contributed by atoms with E-state index in [4.69, 9.17) is 0 Å². The molecule has 0 fully saturated rings. The third-order valence-electron chi connectivity index (χ3n) is 2.50. The molecule has 0 saturated heterocycles. The molecule has 0 aromatic rings. The monoisotopic (exact) mass is 210 g/mol. The van der Waals surface area contributed by atoms with E-state index in [9.17, 15) is 9.59 Å². The quantitative estimate of drug-likeness (QED) is 0.508. The Hall–Kier alpha value is -1.58. The summed E-state index contributed by atoms with van der Waals surface area (Å²) in [6.07, 6.45) is 4.08. The summed E-state index contributed by atoms with van der Waals surface area (Å²) in [6, 6.07) is 0. The Morgan fingerprint density at radius 3 is 2.27 bits per heavy atom. The molecule has 0 radical (unpaired) electrons. The van der Waals surface area contributed by atoms with Crippen molar-refractivity contribution in [2.24, 2.45) is 5.41 Å². The third-order valence-corrected chi connectivity index (χ3v) is 2.50. The molecule has 0 atom stereocenters. The summed E-state index contributed by atoms with van der Waals surface area (Å²) in [5.74, 6) is -1.14. The molecule has 15 heavy (non-hydrogen) atoms. The maximum absolute atomic E-state index is 11.6. The van der Waals surface area contributed by atoms with Crippen LogP contribution < -0.4 is 0 Å². The number of hydrogen-bond donors (Lipinski definition) is 0. The van der Waals surface area contributed by atoms with Crippen LogP contribution in [-0.2, 0) is 19.1 Å². The zero-order chi connectivity index (χ0) is 11.5. The van der Waals surface area contributed by atoms with E-state index >= 15 is 0 Å². The second kappa shape index (κ2) is 4.29. The lowest BCUT2D eigenvalue weighted by Gasteiger charge is -2.29. The van der Waals surface area contributed by atoms with Gasteiger partial charge in [-0.2, -0.15) is 0 Å². The van der Waals surface area contributed by atoms with Crippen LogP contribution in [-0.4, -0.2) is 26.2 Å². The highest BCUT2D eigenvalue weighted by molar-refractivity contribution is 6.00. The molecular weight excluding hydrogens is 196 g/mol. The Labute approximate surface area is 88.6 Å². The maximum atomic E-state index is 11.6. The fraction of sp³-hybridized carbons (Fsp3) is 0.455. The smallest absolute Gasteiger partial charge is 0.323 e. The minimum Gasteiger partial charge on any atom is -0.468 e. The van der Waals surface area contributed by atoms with Crippen LogP contribution in [0.15, 0.2) is 24.3 Å². The van der Waals surface area contributed by atoms with Crippen LogP contribution >= 0.6 is 0 Å². The van der Waals surface area contributed by atoms with Crippen molar-refractivity contribution in [3.8, 4) is 0 Å². The fourth-order valence-corrected chi connectivity index (χ4v) is 1.73. The molecule has 0 heterocycles. The maximum Gasteiger partial charge on any atom is 0.323 e. The van der Waals surface area contributed by atoms with E-state index in [1.165, 1.54) is 14.2 Å². The lowest BCUT2D eigenvalue weighted by Crippen LogP contribution is -2.42. The molecule has 0 amide bonds. The fourth-order valence-electron chi connectivity index (χ4n) is 1.73. The second-order valence-corrected chi connectivity index (χ2v) is 3.51. The Bertz CT molecular complexity index is 311. The van der Waals surface area contributed by atoms with Gasteiger partial charge in [0.1, 0.15) is 0 Å². The third kappa shape index (κ3) is 1.93. The van der Waals surface area contributed by atoms with Gasteiger partial charge in [0.05, 0.1) is 14.2 Å². The van der Waals surface area contributed by atoms with Crippen molar-refractivity contribution in [2.45, 2.75) is 12.8 Å². The number of allylic oxidation sites excluding steroid dienone is 3. The number of methoxy groups -OCH3 is 2. The molecule has 1 aliphatic rings. The van der Waals surface area contributed by atoms with Gasteiger partial charge in [0.2, 0.25) is 0 Å². The summed E-state index contributed by atoms with van der Waals surface area (Å²) < 4.78 is 9.30. The summed E-state index contributed by atoms with van der Waals surface area (Å²) in [5.41, 5.74) is -0.521. The molecule has 0 aromatic carbocycles. The topological polar surface area (TPSA) is 52.6 Å². The van der Waals surface area contributed by atoms with Crippen LogP contribution in [0.5, 0.6) is 0 Å². The van der Waals surface area contributed by atoms with Gasteiger partial charge in [0.25, 0.3) is 0 Å². The van der Waals surface area contributed by atoms with Crippen LogP contribution in [0, 0.1) is 5.41 Å². The molecule has 0 unspecified atom stereocenters. The van der Waals surface area contributed by atoms with E-state index in [1.807, 2.05) is 0 Å². The summed E-state index contributed by atoms with van der Waals surface area (Å²) in [5, 5.41) is 0. The van der Waals surface area contributed by atoms with E-state index in [1.54, 1.807) is 12.2 Å². The average Bonchev–Trinajstić information content (AvgIpc) is 2.26. The van der Waals surface area contributed by atoms with Gasteiger partial charge in [0.15, 0.2) is 5.41 Å². The first-order valence-electron chi connectivity index (χ1n) is 4.58. The van der Waals surface area contributed by atoms with Crippen molar-refractivity contribution in [1.82, 2.24) is 0 Å². The molecule has 4 nitrogen and oxygen atoms in total. The number of carbonyl (C=O) groups excluding carboxylic acids is 2. The number of ether oxygens (including phenoxy) is 2. The van der Waals surface area contributed by atoms with Crippen LogP contribution in [0.1, 0.15) is 12.8 Å². The van der Waals surface area contributed by atoms with E-state index in [2.05, 4.69) is 16.1 Å². The molecular formula is C11H14O4. The Morgan fingerprint density at radius 2 is 1.87 bits per heavy atom. The van der Waals surface area contributed by atoms with E-state index < -0.39 is 17.4 Å². The van der Waals surface area contributed by atoms with Gasteiger partial charge in [-0.3, -0.25) is 9.59 Å². The van der Waals surface area contributed by atoms with Crippen molar-refractivity contribution < 1.29 is 19.1 Å². The van der Waals surface area contributed by atoms with Crippen molar-refractivity contribution in [2.75, 3.05) is 14.2 Å². The summed E-state index contributed by atoms with van der Waals surface area (Å²) >= 11 is 0. The Balaban J connectivity index is 3.07. The van der Waals surface area contributed by atoms with E-state index in [0.717, 1.165) is 5.57 Å². The molecule has 0 bridgehead atoms. The van der Waals surface area contributed by atoms with Gasteiger partial charge in [-0.15, -0.1) is 0 Å². The van der Waals surface area contributed by atoms with Crippen LogP contribution in [0.3, 0.4) is 0 Å². The Kier molecular flexibility index (Phi) is 3.29. The largest absolute Gasteiger partial charge is 0.468 e. The van der Waals surface area contributed by atoms with Crippen molar-refractivity contribution in [3.05, 3.63) is 24.3 Å². The van der Waals surface area contributed by atoms with Crippen LogP contribution in [0.25, 0.3) is 0 Å². The van der Waals surface area contributed by atoms with Gasteiger partial charge in [0, 0.05) is 0 Å². The highest BCUT2D eigenvalue weighted by atomic mass is 16.5. The predicted molar refractivity (Wildman–Crippen MR) is 54.0 cm³/mol. The lowest BCUT2D eigenvalue weighted by atomic mass is 9.75. The zero-order valence-electron chi connectivity index (χ0n) is 8.91. The molecule has 0 aliphatic heterocycles. The summed E-state index contributed by atoms with van der Waals surface area (Å²) in [6.45, 7) is 3.74. The highest BCUT2D eigenvalue weighted by Gasteiger charge is 2.48. The minimum absolute atomic E-state index is 0.253. The molecule has 1 rings (SSSR count). The van der Waals surface area contributed by atoms with Gasteiger partial charge in [-0.05, 0) is 12.8 Å². The first-order chi connectivity index (χ1) is 7.06. The van der Waals surface area contributed by atoms with Crippen molar-refractivity contribution in [3.63, 3.8) is 0 Å². The lowest BCUT2D eigenvalue weighted by molar-refractivity contribution is -0.169. The molecule has 0 aromatic heterocycles. The van der Waals surface area contributed by atoms with E-state index in [0.29, 0.717) is 6.42 Å². The zero-order valence-corrected chi connectivity index (χ0v) is 8.91. The van der Waals surface area contributed by atoms with Gasteiger partial charge in [-0.1, -0.05) is 24.3 Å². The molecule has 0 N–H and O–H groups in total. The number of esters is 2. The van der Waals surface area contributed by atoms with Crippen molar-refractivity contribution >= 4 is 11.9 Å². The van der Waals surface area contributed by atoms with Crippen LogP contribution in [0.4, 0.5) is 0 Å². The van der Waals surface area contributed by atoms with Crippen LogP contribution in [0.2, 0.25) is 0 Å². The minimum atomic E-state index is -1.24. The predicted octanol–water partition coefficient (Wildman–Crippen LogP) is 1.22. The number of carbonyl (C=O) groups is 2. The van der Waals surface area contributed by atoms with E-state index in [-0.39, 0.29) is 6.42 Å². The Morgan fingerprint density at radius 1 is 1.33 bits per heavy atom. The molecule has 0 saturated carbocycles. The normalized spacial score (nSPS) is 18.4. The average molecular weight is 210 g/mol. The van der Waals surface area contributed by atoms with Gasteiger partial charge >= 0.3 is 11.9 Å². The molecule has 82 valence electrons. The first kappa shape index (κ1) is 11.5. The number of rotatable bonds is 2. The molecule has 0 spiro atoms. The highest BCUT2D eigenvalue weighted by Crippen LogP contribution is 2.37. The SMILES string of the molecule is C=C1C=CCC(C(=O)OC)(C(=O)OC)C1.